The first kappa shape index (κ1) is 14.0. The van der Waals surface area contributed by atoms with Crippen molar-refractivity contribution in [1.29, 1.82) is 0 Å². The monoisotopic (exact) mass is 288 g/mol. The van der Waals surface area contributed by atoms with Crippen molar-refractivity contribution >= 4 is 0 Å². The fourth-order valence-electron chi connectivity index (χ4n) is 2.16. The van der Waals surface area contributed by atoms with Gasteiger partial charge in [0.1, 0.15) is 11.5 Å². The number of aryl methyl sites for hydroxylation is 3. The lowest BCUT2D eigenvalue weighted by molar-refractivity contribution is 0.960. The summed E-state index contributed by atoms with van der Waals surface area (Å²) in [7, 11) is 0. The molecule has 0 fully saturated rings. The van der Waals surface area contributed by atoms with E-state index in [1.807, 2.05) is 62.0 Å². The van der Waals surface area contributed by atoms with Crippen LogP contribution < -0.4 is 0 Å². The summed E-state index contributed by atoms with van der Waals surface area (Å²) >= 11 is 0. The topological polar surface area (TPSA) is 43.6 Å². The fourth-order valence-corrected chi connectivity index (χ4v) is 2.16. The molecule has 4 nitrogen and oxygen atoms in total. The number of nitrogens with zero attached hydrogens (tertiary/aromatic N) is 4. The van der Waals surface area contributed by atoms with Gasteiger partial charge in [-0.05, 0) is 51.0 Å². The second-order valence-electron chi connectivity index (χ2n) is 5.14. The van der Waals surface area contributed by atoms with Crippen LogP contribution in [0.2, 0.25) is 0 Å². The van der Waals surface area contributed by atoms with Crippen molar-refractivity contribution in [3.05, 3.63) is 71.3 Å². The Kier molecular flexibility index (Phi) is 3.71. The molecule has 0 aromatic carbocycles. The van der Waals surface area contributed by atoms with Gasteiger partial charge in [-0.2, -0.15) is 0 Å². The van der Waals surface area contributed by atoms with Gasteiger partial charge in [-0.25, -0.2) is 4.98 Å². The van der Waals surface area contributed by atoms with E-state index in [1.54, 1.807) is 6.20 Å². The van der Waals surface area contributed by atoms with Crippen molar-refractivity contribution in [2.45, 2.75) is 20.8 Å². The molecule has 0 amide bonds. The Hall–Kier alpha value is -2.93. The average Bonchev–Trinajstić information content (AvgIpc) is 2.87. The van der Waals surface area contributed by atoms with Crippen LogP contribution in [0.4, 0.5) is 0 Å². The van der Waals surface area contributed by atoms with Gasteiger partial charge in [0.2, 0.25) is 0 Å². The van der Waals surface area contributed by atoms with Gasteiger partial charge >= 0.3 is 0 Å². The molecule has 3 rings (SSSR count). The largest absolute Gasteiger partial charge is 0.301 e. The highest BCUT2D eigenvalue weighted by Gasteiger charge is 2.04. The highest BCUT2D eigenvalue weighted by Crippen LogP contribution is 2.11. The highest BCUT2D eigenvalue weighted by molar-refractivity contribution is 5.41. The highest BCUT2D eigenvalue weighted by atomic mass is 15.1. The summed E-state index contributed by atoms with van der Waals surface area (Å²) in [5.74, 6) is 7.11. The van der Waals surface area contributed by atoms with E-state index in [0.717, 1.165) is 34.2 Å². The Bertz CT molecular complexity index is 864. The van der Waals surface area contributed by atoms with Crippen molar-refractivity contribution in [2.24, 2.45) is 0 Å². The zero-order valence-corrected chi connectivity index (χ0v) is 12.8. The molecule has 0 aliphatic rings. The molecule has 0 saturated carbocycles. The zero-order chi connectivity index (χ0) is 15.5. The molecule has 0 spiro atoms. The minimum Gasteiger partial charge on any atom is -0.301 e. The third-order valence-electron chi connectivity index (χ3n) is 3.29. The lowest BCUT2D eigenvalue weighted by Crippen LogP contribution is -1.96. The molecule has 3 heterocycles. The zero-order valence-electron chi connectivity index (χ0n) is 12.8. The van der Waals surface area contributed by atoms with Gasteiger partial charge in [-0.15, -0.1) is 0 Å². The van der Waals surface area contributed by atoms with E-state index >= 15 is 0 Å². The lowest BCUT2D eigenvalue weighted by Gasteiger charge is -2.03. The normalized spacial score (nSPS) is 10.1. The molecule has 0 aliphatic heterocycles. The molecule has 0 unspecified atom stereocenters. The van der Waals surface area contributed by atoms with Crippen LogP contribution >= 0.6 is 0 Å². The summed E-state index contributed by atoms with van der Waals surface area (Å²) in [6, 6.07) is 7.87. The van der Waals surface area contributed by atoms with Gasteiger partial charge in [-0.1, -0.05) is 5.92 Å². The summed E-state index contributed by atoms with van der Waals surface area (Å²) in [4.78, 5) is 13.0. The maximum Gasteiger partial charge on any atom is 0.132 e. The maximum absolute atomic E-state index is 4.49. The van der Waals surface area contributed by atoms with Crippen molar-refractivity contribution in [3.8, 4) is 17.5 Å². The van der Waals surface area contributed by atoms with E-state index in [2.05, 4.69) is 26.8 Å². The minimum atomic E-state index is 0.743. The second kappa shape index (κ2) is 5.82. The van der Waals surface area contributed by atoms with Crippen molar-refractivity contribution in [1.82, 2.24) is 19.5 Å². The van der Waals surface area contributed by atoms with Crippen LogP contribution in [0.25, 0.3) is 5.69 Å². The maximum atomic E-state index is 4.49. The number of rotatable bonds is 1. The first-order valence-corrected chi connectivity index (χ1v) is 7.05. The first-order valence-electron chi connectivity index (χ1n) is 7.05. The van der Waals surface area contributed by atoms with Crippen LogP contribution in [0.5, 0.6) is 0 Å². The molecular weight excluding hydrogens is 272 g/mol. The summed E-state index contributed by atoms with van der Waals surface area (Å²) in [5, 5.41) is 0. The summed E-state index contributed by atoms with van der Waals surface area (Å²) in [6.07, 6.45) is 5.54. The average molecular weight is 288 g/mol. The molecule has 0 bridgehead atoms. The number of hydrogen-bond donors (Lipinski definition) is 0. The molecule has 0 saturated heterocycles. The molecule has 0 N–H and O–H groups in total. The molecular formula is C18H16N4. The molecule has 3 aromatic heterocycles. The molecule has 4 heteroatoms. The van der Waals surface area contributed by atoms with Crippen LogP contribution in [0.1, 0.15) is 28.5 Å². The SMILES string of the molecule is Cc1ccc(-n2cc(C#Cc3ccnc(C)c3)nc2C)cn1. The van der Waals surface area contributed by atoms with Crippen LogP contribution in [0.3, 0.4) is 0 Å². The van der Waals surface area contributed by atoms with Crippen LogP contribution in [-0.4, -0.2) is 19.5 Å². The predicted molar refractivity (Wildman–Crippen MR) is 85.8 cm³/mol. The van der Waals surface area contributed by atoms with E-state index in [4.69, 9.17) is 0 Å². The summed E-state index contributed by atoms with van der Waals surface area (Å²) in [6.45, 7) is 5.88. The molecule has 0 radical (unpaired) electrons. The van der Waals surface area contributed by atoms with Crippen molar-refractivity contribution in [3.63, 3.8) is 0 Å². The van der Waals surface area contributed by atoms with E-state index < -0.39 is 0 Å². The van der Waals surface area contributed by atoms with Gasteiger partial charge in [0.05, 0.1) is 11.9 Å². The smallest absolute Gasteiger partial charge is 0.132 e. The number of aromatic nitrogens is 4. The van der Waals surface area contributed by atoms with E-state index in [0.29, 0.717) is 0 Å². The second-order valence-corrected chi connectivity index (χ2v) is 5.14. The fraction of sp³-hybridized carbons (Fsp3) is 0.167. The van der Waals surface area contributed by atoms with Gasteiger partial charge < -0.3 is 4.57 Å². The Balaban J connectivity index is 1.91. The number of pyridine rings is 2. The summed E-state index contributed by atoms with van der Waals surface area (Å²) in [5.41, 5.74) is 4.63. The van der Waals surface area contributed by atoms with Crippen molar-refractivity contribution in [2.75, 3.05) is 0 Å². The van der Waals surface area contributed by atoms with Crippen LogP contribution in [0, 0.1) is 32.6 Å². The Labute approximate surface area is 129 Å². The third kappa shape index (κ3) is 3.04. The van der Waals surface area contributed by atoms with Gasteiger partial charge in [0, 0.05) is 29.3 Å². The Morgan fingerprint density at radius 3 is 2.55 bits per heavy atom. The molecule has 108 valence electrons. The Morgan fingerprint density at radius 2 is 1.82 bits per heavy atom. The molecule has 0 aliphatic carbocycles. The minimum absolute atomic E-state index is 0.743. The van der Waals surface area contributed by atoms with E-state index in [-0.39, 0.29) is 0 Å². The lowest BCUT2D eigenvalue weighted by atomic mass is 10.2. The predicted octanol–water partition coefficient (Wildman–Crippen LogP) is 2.99. The number of imidazole rings is 1. The Morgan fingerprint density at radius 1 is 0.955 bits per heavy atom. The molecule has 22 heavy (non-hydrogen) atoms. The molecule has 3 aromatic rings. The van der Waals surface area contributed by atoms with Crippen molar-refractivity contribution < 1.29 is 0 Å². The van der Waals surface area contributed by atoms with E-state index in [9.17, 15) is 0 Å². The van der Waals surface area contributed by atoms with Crippen LogP contribution in [0.15, 0.2) is 42.9 Å². The first-order chi connectivity index (χ1) is 10.6. The van der Waals surface area contributed by atoms with Gasteiger partial charge in [0.25, 0.3) is 0 Å². The quantitative estimate of drug-likeness (QED) is 0.647. The van der Waals surface area contributed by atoms with Crippen LogP contribution in [-0.2, 0) is 0 Å². The third-order valence-corrected chi connectivity index (χ3v) is 3.29. The standard InChI is InChI=1S/C18H16N4/c1-13-4-7-18(11-20-13)22-12-17(21-15(22)3)6-5-16-8-9-19-14(2)10-16/h4,7-12H,1-3H3. The number of hydrogen-bond acceptors (Lipinski definition) is 3. The van der Waals surface area contributed by atoms with Gasteiger partial charge in [0.15, 0.2) is 0 Å². The summed E-state index contributed by atoms with van der Waals surface area (Å²) < 4.78 is 1.99. The van der Waals surface area contributed by atoms with Gasteiger partial charge in [-0.3, -0.25) is 9.97 Å². The van der Waals surface area contributed by atoms with E-state index in [1.165, 1.54) is 0 Å². The molecule has 0 atom stereocenters.